The van der Waals surface area contributed by atoms with Crippen molar-refractivity contribution in [2.45, 2.75) is 0 Å². The van der Waals surface area contributed by atoms with Gasteiger partial charge in [0.2, 0.25) is 0 Å². The van der Waals surface area contributed by atoms with Crippen LogP contribution in [0.2, 0.25) is 0 Å². The van der Waals surface area contributed by atoms with E-state index in [1.807, 2.05) is 12.1 Å². The van der Waals surface area contributed by atoms with Gasteiger partial charge in [0.1, 0.15) is 23.2 Å². The van der Waals surface area contributed by atoms with E-state index in [4.69, 9.17) is 4.74 Å². The van der Waals surface area contributed by atoms with Crippen LogP contribution in [0.3, 0.4) is 0 Å². The zero-order valence-corrected chi connectivity index (χ0v) is 14.6. The molecule has 4 rings (SSSR count). The molecule has 3 aromatic rings. The van der Waals surface area contributed by atoms with Crippen LogP contribution in [0.1, 0.15) is 0 Å². The van der Waals surface area contributed by atoms with Crippen molar-refractivity contribution >= 4 is 17.3 Å². The molecule has 0 spiro atoms. The van der Waals surface area contributed by atoms with Crippen LogP contribution in [0.25, 0.3) is 11.4 Å². The zero-order chi connectivity index (χ0) is 18.6. The van der Waals surface area contributed by atoms with Crippen LogP contribution in [-0.2, 0) is 4.74 Å². The first-order chi connectivity index (χ1) is 13.2. The zero-order valence-electron chi connectivity index (χ0n) is 14.6. The van der Waals surface area contributed by atoms with Gasteiger partial charge in [-0.3, -0.25) is 0 Å². The maximum absolute atomic E-state index is 13.5. The van der Waals surface area contributed by atoms with Gasteiger partial charge in [-0.05, 0) is 30.3 Å². The average molecular weight is 366 g/mol. The summed E-state index contributed by atoms with van der Waals surface area (Å²) >= 11 is 0. The SMILES string of the molecule is Oc1cccc(-c2nc(Nc3cccc(F)c3)cc(N3CCOCC3)n2)c1. The molecule has 1 fully saturated rings. The Morgan fingerprint density at radius 3 is 2.59 bits per heavy atom. The number of halogens is 1. The lowest BCUT2D eigenvalue weighted by molar-refractivity contribution is 0.122. The number of nitrogens with one attached hydrogen (secondary N) is 1. The summed E-state index contributed by atoms with van der Waals surface area (Å²) in [6.07, 6.45) is 0. The van der Waals surface area contributed by atoms with E-state index in [1.54, 1.807) is 30.3 Å². The second-order valence-electron chi connectivity index (χ2n) is 6.22. The maximum Gasteiger partial charge on any atom is 0.164 e. The van der Waals surface area contributed by atoms with E-state index < -0.39 is 0 Å². The predicted octanol–water partition coefficient (Wildman–Crippen LogP) is 3.57. The van der Waals surface area contributed by atoms with Gasteiger partial charge in [0, 0.05) is 30.4 Å². The summed E-state index contributed by atoms with van der Waals surface area (Å²) in [5.74, 6) is 1.61. The Labute approximate surface area is 156 Å². The van der Waals surface area contributed by atoms with Gasteiger partial charge in [-0.15, -0.1) is 0 Å². The molecular formula is C20H19FN4O2. The predicted molar refractivity (Wildman–Crippen MR) is 102 cm³/mol. The molecule has 0 radical (unpaired) electrons. The van der Waals surface area contributed by atoms with Crippen LogP contribution in [0.4, 0.5) is 21.7 Å². The fourth-order valence-corrected chi connectivity index (χ4v) is 2.94. The largest absolute Gasteiger partial charge is 0.508 e. The smallest absolute Gasteiger partial charge is 0.164 e. The first kappa shape index (κ1) is 17.2. The molecule has 0 atom stereocenters. The minimum Gasteiger partial charge on any atom is -0.508 e. The highest BCUT2D eigenvalue weighted by Gasteiger charge is 2.16. The van der Waals surface area contributed by atoms with E-state index >= 15 is 0 Å². The van der Waals surface area contributed by atoms with Crippen molar-refractivity contribution in [1.29, 1.82) is 0 Å². The number of phenols is 1. The fraction of sp³-hybridized carbons (Fsp3) is 0.200. The second kappa shape index (κ2) is 7.59. The van der Waals surface area contributed by atoms with Crippen molar-refractivity contribution in [3.8, 4) is 17.1 Å². The van der Waals surface area contributed by atoms with Crippen LogP contribution >= 0.6 is 0 Å². The Kier molecular flexibility index (Phi) is 4.84. The number of rotatable bonds is 4. The lowest BCUT2D eigenvalue weighted by Crippen LogP contribution is -2.36. The first-order valence-electron chi connectivity index (χ1n) is 8.71. The molecule has 0 aliphatic carbocycles. The number of hydrogen-bond acceptors (Lipinski definition) is 6. The summed E-state index contributed by atoms with van der Waals surface area (Å²) in [5, 5.41) is 12.9. The minimum atomic E-state index is -0.323. The monoisotopic (exact) mass is 366 g/mol. The Morgan fingerprint density at radius 1 is 1.00 bits per heavy atom. The number of hydrogen-bond donors (Lipinski definition) is 2. The normalized spacial score (nSPS) is 14.2. The summed E-state index contributed by atoms with van der Waals surface area (Å²) in [6.45, 7) is 2.74. The molecule has 0 bridgehead atoms. The quantitative estimate of drug-likeness (QED) is 0.736. The summed E-state index contributed by atoms with van der Waals surface area (Å²) < 4.78 is 18.9. The topological polar surface area (TPSA) is 70.5 Å². The van der Waals surface area contributed by atoms with Gasteiger partial charge in [0.25, 0.3) is 0 Å². The molecule has 1 saturated heterocycles. The summed E-state index contributed by atoms with van der Waals surface area (Å²) in [4.78, 5) is 11.3. The molecule has 2 heterocycles. The molecule has 1 aromatic heterocycles. The number of aromatic nitrogens is 2. The van der Waals surface area contributed by atoms with E-state index in [2.05, 4.69) is 20.2 Å². The standard InChI is InChI=1S/C20H19FN4O2/c21-15-4-2-5-16(12-15)22-18-13-19(25-7-9-27-10-8-25)24-20(23-18)14-3-1-6-17(26)11-14/h1-6,11-13,26H,7-10H2,(H,22,23,24). The van der Waals surface area contributed by atoms with E-state index in [0.717, 1.165) is 18.9 Å². The van der Waals surface area contributed by atoms with Crippen LogP contribution in [0.15, 0.2) is 54.6 Å². The third-order valence-electron chi connectivity index (χ3n) is 4.25. The second-order valence-corrected chi connectivity index (χ2v) is 6.22. The van der Waals surface area contributed by atoms with Gasteiger partial charge in [-0.2, -0.15) is 0 Å². The van der Waals surface area contributed by atoms with Crippen LogP contribution in [-0.4, -0.2) is 41.4 Å². The molecule has 6 nitrogen and oxygen atoms in total. The van der Waals surface area contributed by atoms with Gasteiger partial charge in [0.05, 0.1) is 13.2 Å². The highest BCUT2D eigenvalue weighted by Crippen LogP contribution is 2.27. The number of phenolic OH excluding ortho intramolecular Hbond substituents is 1. The number of anilines is 3. The molecule has 0 amide bonds. The molecule has 2 N–H and O–H groups in total. The highest BCUT2D eigenvalue weighted by atomic mass is 19.1. The van der Waals surface area contributed by atoms with Gasteiger partial charge >= 0.3 is 0 Å². The maximum atomic E-state index is 13.5. The van der Waals surface area contributed by atoms with Gasteiger partial charge < -0.3 is 20.1 Å². The van der Waals surface area contributed by atoms with Gasteiger partial charge in [-0.1, -0.05) is 18.2 Å². The van der Waals surface area contributed by atoms with E-state index in [0.29, 0.717) is 36.1 Å². The van der Waals surface area contributed by atoms with Crippen LogP contribution in [0, 0.1) is 5.82 Å². The molecule has 1 aliphatic rings. The Bertz CT molecular complexity index is 945. The van der Waals surface area contributed by atoms with Crippen molar-refractivity contribution in [3.05, 3.63) is 60.4 Å². The summed E-state index contributed by atoms with van der Waals surface area (Å²) in [7, 11) is 0. The fourth-order valence-electron chi connectivity index (χ4n) is 2.94. The minimum absolute atomic E-state index is 0.146. The molecule has 1 aliphatic heterocycles. The third kappa shape index (κ3) is 4.15. The van der Waals surface area contributed by atoms with Crippen molar-refractivity contribution in [2.75, 3.05) is 36.5 Å². The van der Waals surface area contributed by atoms with Crippen molar-refractivity contribution in [3.63, 3.8) is 0 Å². The number of morpholine rings is 1. The Balaban J connectivity index is 1.73. The third-order valence-corrected chi connectivity index (χ3v) is 4.25. The van der Waals surface area contributed by atoms with Crippen molar-refractivity contribution in [2.24, 2.45) is 0 Å². The molecule has 138 valence electrons. The number of benzene rings is 2. The molecule has 7 heteroatoms. The molecule has 0 saturated carbocycles. The van der Waals surface area contributed by atoms with Gasteiger partial charge in [0.15, 0.2) is 5.82 Å². The summed E-state index contributed by atoms with van der Waals surface area (Å²) in [6, 6.07) is 14.8. The van der Waals surface area contributed by atoms with E-state index in [1.165, 1.54) is 12.1 Å². The van der Waals surface area contributed by atoms with Crippen LogP contribution < -0.4 is 10.2 Å². The van der Waals surface area contributed by atoms with Crippen LogP contribution in [0.5, 0.6) is 5.75 Å². The van der Waals surface area contributed by atoms with E-state index in [-0.39, 0.29) is 11.6 Å². The molecule has 2 aromatic carbocycles. The molecule has 27 heavy (non-hydrogen) atoms. The molecular weight excluding hydrogens is 347 g/mol. The lowest BCUT2D eigenvalue weighted by atomic mass is 10.2. The first-order valence-corrected chi connectivity index (χ1v) is 8.71. The van der Waals surface area contributed by atoms with E-state index in [9.17, 15) is 9.50 Å². The van der Waals surface area contributed by atoms with Gasteiger partial charge in [-0.25, -0.2) is 14.4 Å². The van der Waals surface area contributed by atoms with Crippen molar-refractivity contribution in [1.82, 2.24) is 9.97 Å². The Morgan fingerprint density at radius 2 is 1.81 bits per heavy atom. The highest BCUT2D eigenvalue weighted by molar-refractivity contribution is 5.66. The number of nitrogens with zero attached hydrogens (tertiary/aromatic N) is 3. The van der Waals surface area contributed by atoms with Crippen molar-refractivity contribution < 1.29 is 14.2 Å². The Hall–Kier alpha value is -3.19. The summed E-state index contributed by atoms with van der Waals surface area (Å²) in [5.41, 5.74) is 1.30. The number of aromatic hydroxyl groups is 1. The average Bonchev–Trinajstić information content (AvgIpc) is 2.68. The number of ether oxygens (including phenoxy) is 1. The molecule has 0 unspecified atom stereocenters. The lowest BCUT2D eigenvalue weighted by Gasteiger charge is -2.28.